The predicted molar refractivity (Wildman–Crippen MR) is 116 cm³/mol. The van der Waals surface area contributed by atoms with Crippen molar-refractivity contribution < 1.29 is 40.6 Å². The van der Waals surface area contributed by atoms with Crippen LogP contribution in [0.3, 0.4) is 0 Å². The lowest BCUT2D eigenvalue weighted by molar-refractivity contribution is -0.143. The van der Waals surface area contributed by atoms with Crippen LogP contribution in [0.4, 0.5) is 31.1 Å². The number of rotatable bonds is 5. The molecule has 2 atom stereocenters. The first-order chi connectivity index (χ1) is 16.4. The summed E-state index contributed by atoms with van der Waals surface area (Å²) in [5.74, 6) is 0. The highest BCUT2D eigenvalue weighted by atomic mass is 19.4. The Morgan fingerprint density at radius 3 is 2.23 bits per heavy atom. The highest BCUT2D eigenvalue weighted by Crippen LogP contribution is 2.38. The maximum atomic E-state index is 13.3. The van der Waals surface area contributed by atoms with Gasteiger partial charge in [0.1, 0.15) is 0 Å². The summed E-state index contributed by atoms with van der Waals surface area (Å²) in [6.07, 6.45) is -10.7. The summed E-state index contributed by atoms with van der Waals surface area (Å²) in [5, 5.41) is 6.03. The second kappa shape index (κ2) is 10.9. The number of alkyl halides is 6. The van der Waals surface area contributed by atoms with E-state index in [0.717, 1.165) is 5.56 Å². The van der Waals surface area contributed by atoms with Gasteiger partial charge < -0.3 is 20.1 Å². The normalized spacial score (nSPS) is 21.1. The molecule has 0 aliphatic carbocycles. The fraction of sp³-hybridized carbons (Fsp3) is 0.458. The number of hydrogen-bond donors (Lipinski definition) is 2. The SMILES string of the molecule is C[C@@H](OC[C@@]1(c2ccccc2)CCNC(=O)OCCCN1)c1cc(C(F)(F)F)cc(C(F)(F)F)c1. The molecule has 5 nitrogen and oxygen atoms in total. The van der Waals surface area contributed by atoms with Gasteiger partial charge in [-0.1, -0.05) is 30.3 Å². The number of nitrogens with one attached hydrogen (secondary N) is 2. The molecule has 11 heteroatoms. The van der Waals surface area contributed by atoms with E-state index in [2.05, 4.69) is 10.6 Å². The van der Waals surface area contributed by atoms with Crippen LogP contribution in [0.5, 0.6) is 0 Å². The molecule has 0 aromatic heterocycles. The van der Waals surface area contributed by atoms with Crippen molar-refractivity contribution >= 4 is 6.09 Å². The molecule has 0 saturated carbocycles. The minimum absolute atomic E-state index is 0.0630. The Morgan fingerprint density at radius 1 is 1.00 bits per heavy atom. The molecule has 1 saturated heterocycles. The maximum absolute atomic E-state index is 13.3. The molecule has 0 unspecified atom stereocenters. The predicted octanol–water partition coefficient (Wildman–Crippen LogP) is 5.81. The average Bonchev–Trinajstić information content (AvgIpc) is 2.81. The molecule has 0 bridgehead atoms. The number of ether oxygens (including phenoxy) is 2. The van der Waals surface area contributed by atoms with Crippen LogP contribution in [-0.2, 0) is 27.4 Å². The Morgan fingerprint density at radius 2 is 1.63 bits per heavy atom. The molecular formula is C24H26F6N2O3. The van der Waals surface area contributed by atoms with Crippen molar-refractivity contribution in [2.75, 3.05) is 26.3 Å². The average molecular weight is 504 g/mol. The molecule has 1 heterocycles. The van der Waals surface area contributed by atoms with E-state index >= 15 is 0 Å². The van der Waals surface area contributed by atoms with Gasteiger partial charge in [-0.15, -0.1) is 0 Å². The third-order valence-electron chi connectivity index (χ3n) is 5.82. The Kier molecular flexibility index (Phi) is 8.32. The zero-order valence-corrected chi connectivity index (χ0v) is 18.9. The lowest BCUT2D eigenvalue weighted by atomic mass is 9.86. The minimum atomic E-state index is -4.95. The number of carbonyl (C=O) groups is 1. The quantitative estimate of drug-likeness (QED) is 0.505. The third kappa shape index (κ3) is 7.11. The summed E-state index contributed by atoms with van der Waals surface area (Å²) in [6.45, 7) is 2.18. The van der Waals surface area contributed by atoms with Gasteiger partial charge in [0.15, 0.2) is 0 Å². The van der Waals surface area contributed by atoms with Crippen LogP contribution < -0.4 is 10.6 Å². The van der Waals surface area contributed by atoms with Crippen molar-refractivity contribution in [1.82, 2.24) is 10.6 Å². The van der Waals surface area contributed by atoms with Crippen LogP contribution in [0.25, 0.3) is 0 Å². The van der Waals surface area contributed by atoms with E-state index in [4.69, 9.17) is 9.47 Å². The fourth-order valence-corrected chi connectivity index (χ4v) is 3.87. The first-order valence-electron chi connectivity index (χ1n) is 11.0. The number of carbonyl (C=O) groups excluding carboxylic acids is 1. The van der Waals surface area contributed by atoms with Crippen molar-refractivity contribution in [2.24, 2.45) is 0 Å². The number of hydrogen-bond acceptors (Lipinski definition) is 4. The van der Waals surface area contributed by atoms with Crippen molar-refractivity contribution in [3.05, 3.63) is 70.8 Å². The van der Waals surface area contributed by atoms with Gasteiger partial charge in [-0.2, -0.15) is 26.3 Å². The molecule has 0 spiro atoms. The van der Waals surface area contributed by atoms with Gasteiger partial charge in [-0.05, 0) is 55.6 Å². The fourth-order valence-electron chi connectivity index (χ4n) is 3.87. The number of alkyl carbamates (subject to hydrolysis) is 1. The maximum Gasteiger partial charge on any atom is 0.416 e. The van der Waals surface area contributed by atoms with E-state index in [1.165, 1.54) is 6.92 Å². The van der Waals surface area contributed by atoms with E-state index in [9.17, 15) is 31.1 Å². The van der Waals surface area contributed by atoms with Gasteiger partial charge in [0.2, 0.25) is 0 Å². The lowest BCUT2D eigenvalue weighted by Gasteiger charge is -2.37. The van der Waals surface area contributed by atoms with E-state index in [-0.39, 0.29) is 31.4 Å². The van der Waals surface area contributed by atoms with Gasteiger partial charge in [0.25, 0.3) is 0 Å². The van der Waals surface area contributed by atoms with E-state index < -0.39 is 41.2 Å². The molecule has 0 radical (unpaired) electrons. The van der Waals surface area contributed by atoms with Crippen molar-refractivity contribution in [3.8, 4) is 0 Å². The van der Waals surface area contributed by atoms with Gasteiger partial charge in [-0.3, -0.25) is 0 Å². The smallest absolute Gasteiger partial charge is 0.416 e. The van der Waals surface area contributed by atoms with Crippen LogP contribution in [0.1, 0.15) is 48.1 Å². The molecule has 1 fully saturated rings. The molecule has 1 aliphatic rings. The molecule has 2 N–H and O–H groups in total. The second-order valence-corrected chi connectivity index (χ2v) is 8.33. The van der Waals surface area contributed by atoms with Gasteiger partial charge in [0.05, 0.1) is 36.0 Å². The summed E-state index contributed by atoms with van der Waals surface area (Å²) in [7, 11) is 0. The Bertz CT molecular complexity index is 965. The largest absolute Gasteiger partial charge is 0.450 e. The van der Waals surface area contributed by atoms with Crippen molar-refractivity contribution in [1.29, 1.82) is 0 Å². The molecule has 2 aromatic carbocycles. The summed E-state index contributed by atoms with van der Waals surface area (Å²) in [4.78, 5) is 11.8. The summed E-state index contributed by atoms with van der Waals surface area (Å²) in [6, 6.07) is 10.6. The first kappa shape index (κ1) is 26.8. The van der Waals surface area contributed by atoms with Crippen LogP contribution in [0.2, 0.25) is 0 Å². The molecular weight excluding hydrogens is 478 g/mol. The Hall–Kier alpha value is -2.79. The minimum Gasteiger partial charge on any atom is -0.450 e. The number of amides is 1. The van der Waals surface area contributed by atoms with Crippen LogP contribution in [-0.4, -0.2) is 32.4 Å². The molecule has 3 rings (SSSR count). The Labute approximate surface area is 198 Å². The molecule has 1 aliphatic heterocycles. The van der Waals surface area contributed by atoms with Crippen molar-refractivity contribution in [3.63, 3.8) is 0 Å². The number of halogens is 6. The highest BCUT2D eigenvalue weighted by Gasteiger charge is 2.38. The van der Waals surface area contributed by atoms with Gasteiger partial charge >= 0.3 is 18.4 Å². The summed E-state index contributed by atoms with van der Waals surface area (Å²) < 4.78 is 90.6. The third-order valence-corrected chi connectivity index (χ3v) is 5.82. The number of benzene rings is 2. The zero-order valence-electron chi connectivity index (χ0n) is 18.9. The zero-order chi connectivity index (χ0) is 25.7. The van der Waals surface area contributed by atoms with Gasteiger partial charge in [-0.25, -0.2) is 4.79 Å². The molecule has 1 amide bonds. The van der Waals surface area contributed by atoms with E-state index in [1.54, 1.807) is 0 Å². The van der Waals surface area contributed by atoms with Crippen LogP contribution in [0, 0.1) is 0 Å². The Balaban J connectivity index is 1.90. The number of cyclic esters (lactones) is 1. The molecule has 192 valence electrons. The van der Waals surface area contributed by atoms with E-state index in [1.807, 2.05) is 30.3 Å². The standard InChI is InChI=1S/C24H26F6N2O3/c1-16(17-12-19(23(25,26)27)14-20(13-17)24(28,29)30)35-15-22(18-6-3-2-4-7-18)8-10-31-21(33)34-11-5-9-32-22/h2-4,6-7,12-14,16,32H,5,8-11,15H2,1H3,(H,31,33)/t16-,22-/m1/s1. The van der Waals surface area contributed by atoms with Crippen molar-refractivity contribution in [2.45, 2.75) is 43.8 Å². The lowest BCUT2D eigenvalue weighted by Crippen LogP contribution is -2.50. The molecule has 35 heavy (non-hydrogen) atoms. The monoisotopic (exact) mass is 504 g/mol. The van der Waals surface area contributed by atoms with E-state index in [0.29, 0.717) is 31.5 Å². The van der Waals surface area contributed by atoms with Crippen LogP contribution >= 0.6 is 0 Å². The van der Waals surface area contributed by atoms with Crippen LogP contribution in [0.15, 0.2) is 48.5 Å². The summed E-state index contributed by atoms with van der Waals surface area (Å²) in [5.41, 5.74) is -3.07. The highest BCUT2D eigenvalue weighted by molar-refractivity contribution is 5.67. The second-order valence-electron chi connectivity index (χ2n) is 8.33. The topological polar surface area (TPSA) is 59.6 Å². The molecule has 2 aromatic rings. The van der Waals surface area contributed by atoms with Gasteiger partial charge in [0, 0.05) is 6.54 Å². The summed E-state index contributed by atoms with van der Waals surface area (Å²) >= 11 is 0. The first-order valence-corrected chi connectivity index (χ1v) is 11.0.